The van der Waals surface area contributed by atoms with Gasteiger partial charge >= 0.3 is 0 Å². The van der Waals surface area contributed by atoms with Gasteiger partial charge in [-0.2, -0.15) is 0 Å². The largest absolute Gasteiger partial charge is 0.495 e. The van der Waals surface area contributed by atoms with Crippen LogP contribution in [0, 0.1) is 13.8 Å². The second-order valence-corrected chi connectivity index (χ2v) is 9.22. The average Bonchev–Trinajstić information content (AvgIpc) is 3.38. The lowest BCUT2D eigenvalue weighted by Crippen LogP contribution is -2.30. The van der Waals surface area contributed by atoms with Crippen molar-refractivity contribution in [2.75, 3.05) is 44.8 Å². The highest BCUT2D eigenvalue weighted by Gasteiger charge is 2.42. The van der Waals surface area contributed by atoms with Gasteiger partial charge in [0.2, 0.25) is 5.91 Å². The molecule has 0 aliphatic carbocycles. The van der Waals surface area contributed by atoms with Gasteiger partial charge in [-0.05, 0) is 68.0 Å². The number of carbonyl (C=O) groups excluding carboxylic acids is 1. The van der Waals surface area contributed by atoms with Crippen molar-refractivity contribution in [3.05, 3.63) is 71.3 Å². The van der Waals surface area contributed by atoms with Crippen LogP contribution in [-0.2, 0) is 20.8 Å². The van der Waals surface area contributed by atoms with Crippen molar-refractivity contribution in [1.82, 2.24) is 14.9 Å². The van der Waals surface area contributed by atoms with Gasteiger partial charge in [0.15, 0.2) is 5.11 Å². The van der Waals surface area contributed by atoms with Gasteiger partial charge in [0.1, 0.15) is 12.4 Å². The van der Waals surface area contributed by atoms with Crippen LogP contribution in [0.5, 0.6) is 5.75 Å². The second kappa shape index (κ2) is 11.7. The maximum absolute atomic E-state index is 12.3. The minimum Gasteiger partial charge on any atom is -0.495 e. The van der Waals surface area contributed by atoms with Gasteiger partial charge in [-0.3, -0.25) is 9.78 Å². The quantitative estimate of drug-likeness (QED) is 0.387. The lowest BCUT2D eigenvalue weighted by molar-refractivity contribution is -0.119. The summed E-state index contributed by atoms with van der Waals surface area (Å²) < 4.78 is 18.1. The van der Waals surface area contributed by atoms with Crippen LogP contribution < -0.4 is 20.3 Å². The number of benzene rings is 1. The molecule has 1 fully saturated rings. The maximum Gasteiger partial charge on any atom is 0.250 e. The number of amides is 1. The van der Waals surface area contributed by atoms with Crippen molar-refractivity contribution in [2.45, 2.75) is 32.5 Å². The van der Waals surface area contributed by atoms with Crippen molar-refractivity contribution < 1.29 is 19.0 Å². The van der Waals surface area contributed by atoms with Gasteiger partial charge < -0.3 is 34.3 Å². The molecule has 1 aromatic carbocycles. The smallest absolute Gasteiger partial charge is 0.250 e. The molecule has 37 heavy (non-hydrogen) atoms. The number of rotatable bonds is 10. The number of nitrogens with one attached hydrogen (secondary N) is 2. The molecular formula is C27H33N5O4S. The van der Waals surface area contributed by atoms with Crippen LogP contribution in [0.25, 0.3) is 0 Å². The molecule has 0 bridgehead atoms. The van der Waals surface area contributed by atoms with Gasteiger partial charge in [0.25, 0.3) is 0 Å². The highest BCUT2D eigenvalue weighted by molar-refractivity contribution is 7.80. The highest BCUT2D eigenvalue weighted by Crippen LogP contribution is 2.44. The van der Waals surface area contributed by atoms with Crippen LogP contribution in [-0.4, -0.2) is 55.1 Å². The maximum atomic E-state index is 12.3. The number of pyridine rings is 1. The Morgan fingerprint density at radius 2 is 1.95 bits per heavy atom. The summed E-state index contributed by atoms with van der Waals surface area (Å²) in [5.74, 6) is 0.270. The first-order valence-electron chi connectivity index (χ1n) is 12.0. The summed E-state index contributed by atoms with van der Waals surface area (Å²) in [5, 5.41) is 6.95. The molecule has 0 spiro atoms. The predicted molar refractivity (Wildman–Crippen MR) is 147 cm³/mol. The molecule has 2 N–H and O–H groups in total. The van der Waals surface area contributed by atoms with Crippen LogP contribution in [0.15, 0.2) is 48.7 Å². The van der Waals surface area contributed by atoms with Gasteiger partial charge in [-0.15, -0.1) is 0 Å². The van der Waals surface area contributed by atoms with Crippen LogP contribution >= 0.6 is 12.2 Å². The number of anilines is 2. The van der Waals surface area contributed by atoms with E-state index in [0.717, 1.165) is 34.9 Å². The Balaban J connectivity index is 1.82. The molecule has 1 aliphatic heterocycles. The molecule has 3 heterocycles. The van der Waals surface area contributed by atoms with E-state index in [9.17, 15) is 4.79 Å². The molecule has 0 radical (unpaired) electrons. The topological polar surface area (TPSA) is 89.9 Å². The molecule has 2 atom stereocenters. The van der Waals surface area contributed by atoms with Gasteiger partial charge in [-0.1, -0.05) is 6.07 Å². The third kappa shape index (κ3) is 5.46. The molecule has 1 saturated heterocycles. The zero-order chi connectivity index (χ0) is 26.5. The number of hydrogen-bond acceptors (Lipinski definition) is 6. The zero-order valence-corrected chi connectivity index (χ0v) is 22.6. The number of aryl methyl sites for hydroxylation is 1. The number of aromatic nitrogens is 2. The monoisotopic (exact) mass is 523 g/mol. The molecule has 9 nitrogen and oxygen atoms in total. The first-order chi connectivity index (χ1) is 17.9. The first kappa shape index (κ1) is 26.6. The van der Waals surface area contributed by atoms with E-state index in [-0.39, 0.29) is 24.6 Å². The van der Waals surface area contributed by atoms with E-state index < -0.39 is 0 Å². The number of thiocarbonyl (C=S) groups is 1. The minimum atomic E-state index is -0.273. The molecule has 2 aromatic heterocycles. The summed E-state index contributed by atoms with van der Waals surface area (Å²) in [7, 11) is 4.75. The normalized spacial score (nSPS) is 17.1. The lowest BCUT2D eigenvalue weighted by atomic mass is 9.96. The number of methoxy groups -OCH3 is 3. The van der Waals surface area contributed by atoms with Crippen LogP contribution in [0.1, 0.15) is 34.7 Å². The molecule has 196 valence electrons. The third-order valence-electron chi connectivity index (χ3n) is 6.56. The molecule has 0 unspecified atom stereocenters. The number of nitrogens with zero attached hydrogens (tertiary/aromatic N) is 3. The Labute approximate surface area is 222 Å². The van der Waals surface area contributed by atoms with Gasteiger partial charge in [-0.25, -0.2) is 0 Å². The minimum absolute atomic E-state index is 0.0606. The van der Waals surface area contributed by atoms with Crippen molar-refractivity contribution in [2.24, 2.45) is 0 Å². The van der Waals surface area contributed by atoms with Crippen LogP contribution in [0.2, 0.25) is 0 Å². The van der Waals surface area contributed by atoms with Crippen molar-refractivity contribution in [3.8, 4) is 5.75 Å². The van der Waals surface area contributed by atoms with E-state index in [1.165, 1.54) is 7.11 Å². The summed E-state index contributed by atoms with van der Waals surface area (Å²) in [4.78, 5) is 19.0. The number of carbonyl (C=O) groups is 1. The van der Waals surface area contributed by atoms with E-state index in [4.69, 9.17) is 26.4 Å². The van der Waals surface area contributed by atoms with E-state index in [2.05, 4.69) is 45.0 Å². The second-order valence-electron chi connectivity index (χ2n) is 8.83. The molecule has 0 saturated carbocycles. The standard InChI is InChI=1S/C27H33N5O4S/c1-17-14-20(18(2)31(17)12-13-34-3)26-25(21-8-6-7-11-28-21)30-27(37)32(26)19-9-10-23(36-5)22(15-19)29-24(33)16-35-4/h6-11,14-15,25-26H,12-13,16H2,1-5H3,(H,29,33)(H,30,37)/t25-,26-/m1/s1. The van der Waals surface area contributed by atoms with Crippen molar-refractivity contribution >= 4 is 34.6 Å². The summed E-state index contributed by atoms with van der Waals surface area (Å²) in [5.41, 5.74) is 5.66. The summed E-state index contributed by atoms with van der Waals surface area (Å²) in [6.45, 7) is 5.54. The van der Waals surface area contributed by atoms with Gasteiger partial charge in [0, 0.05) is 44.0 Å². The molecule has 10 heteroatoms. The molecule has 1 aliphatic rings. The molecule has 1 amide bonds. The SMILES string of the molecule is COCCn1c(C)cc([C@@H]2[C@@H](c3ccccn3)NC(=S)N2c2ccc(OC)c(NC(=O)COC)c2)c1C. The Kier molecular flexibility index (Phi) is 8.42. The number of ether oxygens (including phenoxy) is 3. The summed E-state index contributed by atoms with van der Waals surface area (Å²) in [6, 6.07) is 13.4. The first-order valence-corrected chi connectivity index (χ1v) is 12.4. The van der Waals surface area contributed by atoms with Crippen LogP contribution in [0.4, 0.5) is 11.4 Å². The summed E-state index contributed by atoms with van der Waals surface area (Å²) in [6.07, 6.45) is 1.79. The van der Waals surface area contributed by atoms with E-state index in [1.807, 2.05) is 36.4 Å². The average molecular weight is 524 g/mol. The van der Waals surface area contributed by atoms with Gasteiger partial charge in [0.05, 0.1) is 37.2 Å². The predicted octanol–water partition coefficient (Wildman–Crippen LogP) is 3.92. The third-order valence-corrected chi connectivity index (χ3v) is 6.87. The Morgan fingerprint density at radius 3 is 2.62 bits per heavy atom. The lowest BCUT2D eigenvalue weighted by Gasteiger charge is -2.29. The highest BCUT2D eigenvalue weighted by atomic mass is 32.1. The fourth-order valence-corrected chi connectivity index (χ4v) is 5.21. The Bertz CT molecular complexity index is 1260. The molecule has 3 aromatic rings. The van der Waals surface area contributed by atoms with Crippen LogP contribution in [0.3, 0.4) is 0 Å². The zero-order valence-electron chi connectivity index (χ0n) is 21.8. The van der Waals surface area contributed by atoms with E-state index in [1.54, 1.807) is 20.4 Å². The molecule has 4 rings (SSSR count). The fourth-order valence-electron chi connectivity index (χ4n) is 4.86. The number of hydrogen-bond donors (Lipinski definition) is 2. The summed E-state index contributed by atoms with van der Waals surface area (Å²) >= 11 is 5.89. The Morgan fingerprint density at radius 1 is 1.14 bits per heavy atom. The van der Waals surface area contributed by atoms with E-state index >= 15 is 0 Å². The van der Waals surface area contributed by atoms with E-state index in [0.29, 0.717) is 23.2 Å². The van der Waals surface area contributed by atoms with Crippen molar-refractivity contribution in [3.63, 3.8) is 0 Å². The Hall–Kier alpha value is -3.47. The van der Waals surface area contributed by atoms with Crippen molar-refractivity contribution in [1.29, 1.82) is 0 Å². The fraction of sp³-hybridized carbons (Fsp3) is 0.370. The molecular weight excluding hydrogens is 490 g/mol.